The monoisotopic (exact) mass is 935 g/mol. The summed E-state index contributed by atoms with van der Waals surface area (Å²) in [6.45, 7) is 3.81. The molecular formula is C51H98O12S. The lowest BCUT2D eigenvalue weighted by Crippen LogP contribution is -2.60. The van der Waals surface area contributed by atoms with Gasteiger partial charge in [-0.25, -0.2) is 0 Å². The van der Waals surface area contributed by atoms with E-state index in [1.807, 2.05) is 0 Å². The van der Waals surface area contributed by atoms with Crippen molar-refractivity contribution in [2.75, 3.05) is 19.0 Å². The second kappa shape index (κ2) is 41.8. The summed E-state index contributed by atoms with van der Waals surface area (Å²) < 4.78 is 54.2. The zero-order valence-corrected chi connectivity index (χ0v) is 41.7. The van der Waals surface area contributed by atoms with Crippen LogP contribution in [0.3, 0.4) is 0 Å². The van der Waals surface area contributed by atoms with Gasteiger partial charge in [-0.3, -0.25) is 14.1 Å². The molecule has 0 spiro atoms. The molecule has 0 aromatic carbocycles. The predicted molar refractivity (Wildman–Crippen MR) is 257 cm³/mol. The van der Waals surface area contributed by atoms with E-state index in [1.165, 1.54) is 180 Å². The van der Waals surface area contributed by atoms with Crippen LogP contribution in [-0.4, -0.2) is 96.0 Å². The van der Waals surface area contributed by atoms with E-state index in [9.17, 15) is 37.9 Å². The van der Waals surface area contributed by atoms with Crippen molar-refractivity contribution in [1.82, 2.24) is 0 Å². The molecule has 0 aromatic heterocycles. The summed E-state index contributed by atoms with van der Waals surface area (Å²) >= 11 is 0. The van der Waals surface area contributed by atoms with Crippen LogP contribution < -0.4 is 0 Å². The highest BCUT2D eigenvalue weighted by atomic mass is 32.2. The molecular weight excluding hydrogens is 837 g/mol. The first-order valence-corrected chi connectivity index (χ1v) is 28.2. The van der Waals surface area contributed by atoms with Crippen LogP contribution in [0.25, 0.3) is 0 Å². The van der Waals surface area contributed by atoms with E-state index < -0.39 is 71.2 Å². The third-order valence-corrected chi connectivity index (χ3v) is 13.4. The zero-order valence-electron chi connectivity index (χ0n) is 40.9. The molecule has 380 valence electrons. The fourth-order valence-corrected chi connectivity index (χ4v) is 9.25. The Morgan fingerprint density at radius 2 is 0.797 bits per heavy atom. The van der Waals surface area contributed by atoms with Gasteiger partial charge >= 0.3 is 11.9 Å². The van der Waals surface area contributed by atoms with Crippen LogP contribution in [0.15, 0.2) is 0 Å². The minimum Gasteiger partial charge on any atom is -0.462 e. The Bertz CT molecular complexity index is 1190. The summed E-state index contributed by atoms with van der Waals surface area (Å²) in [6, 6.07) is 0. The van der Waals surface area contributed by atoms with Crippen molar-refractivity contribution in [3.8, 4) is 0 Å². The Hall–Kier alpha value is -1.35. The average Bonchev–Trinajstić information content (AvgIpc) is 3.26. The van der Waals surface area contributed by atoms with E-state index >= 15 is 0 Å². The number of carbonyl (C=O) groups is 2. The first kappa shape index (κ1) is 60.7. The Morgan fingerprint density at radius 3 is 1.14 bits per heavy atom. The first-order valence-electron chi connectivity index (χ1n) is 26.6. The number of hydrogen-bond acceptors (Lipinski definition) is 11. The van der Waals surface area contributed by atoms with E-state index in [-0.39, 0.29) is 19.4 Å². The maximum atomic E-state index is 12.9. The molecule has 2 unspecified atom stereocenters. The number of rotatable bonds is 46. The topological polar surface area (TPSA) is 186 Å². The fraction of sp³-hybridized carbons (Fsp3) is 0.961. The molecule has 0 bridgehead atoms. The van der Waals surface area contributed by atoms with Crippen LogP contribution in [-0.2, 0) is 38.7 Å². The number of esters is 2. The number of ether oxygens (including phenoxy) is 4. The van der Waals surface area contributed by atoms with Gasteiger partial charge in [0.1, 0.15) is 36.8 Å². The lowest BCUT2D eigenvalue weighted by atomic mass is 10.00. The molecule has 1 aliphatic heterocycles. The van der Waals surface area contributed by atoms with Crippen LogP contribution in [0, 0.1) is 0 Å². The maximum absolute atomic E-state index is 12.9. The molecule has 64 heavy (non-hydrogen) atoms. The van der Waals surface area contributed by atoms with Gasteiger partial charge in [-0.2, -0.15) is 8.42 Å². The van der Waals surface area contributed by atoms with Gasteiger partial charge in [0.2, 0.25) is 0 Å². The third kappa shape index (κ3) is 35.8. The molecule has 1 fully saturated rings. The minimum atomic E-state index is -4.60. The van der Waals surface area contributed by atoms with Crippen molar-refractivity contribution >= 4 is 22.1 Å². The van der Waals surface area contributed by atoms with Crippen LogP contribution in [0.1, 0.15) is 258 Å². The molecule has 1 heterocycles. The second-order valence-corrected chi connectivity index (χ2v) is 20.4. The number of carbonyl (C=O) groups excluding carboxylic acids is 2. The van der Waals surface area contributed by atoms with Crippen molar-refractivity contribution in [2.45, 2.75) is 295 Å². The van der Waals surface area contributed by atoms with Crippen molar-refractivity contribution in [2.24, 2.45) is 0 Å². The molecule has 0 radical (unpaired) electrons. The molecule has 4 N–H and O–H groups in total. The Kier molecular flexibility index (Phi) is 39.6. The molecule has 0 aliphatic carbocycles. The second-order valence-electron chi connectivity index (χ2n) is 18.9. The molecule has 13 heteroatoms. The average molecular weight is 935 g/mol. The lowest BCUT2D eigenvalue weighted by molar-refractivity contribution is -0.297. The minimum absolute atomic E-state index is 0.173. The van der Waals surface area contributed by atoms with Gasteiger partial charge < -0.3 is 34.3 Å². The van der Waals surface area contributed by atoms with Crippen LogP contribution in [0.2, 0.25) is 0 Å². The number of hydrogen-bond donors (Lipinski definition) is 4. The van der Waals surface area contributed by atoms with Crippen LogP contribution >= 0.6 is 0 Å². The van der Waals surface area contributed by atoms with Gasteiger partial charge in [-0.05, 0) is 12.8 Å². The van der Waals surface area contributed by atoms with Gasteiger partial charge in [-0.15, -0.1) is 0 Å². The van der Waals surface area contributed by atoms with E-state index in [4.69, 9.17) is 18.9 Å². The predicted octanol–water partition coefficient (Wildman–Crippen LogP) is 12.0. The maximum Gasteiger partial charge on any atom is 0.306 e. The van der Waals surface area contributed by atoms with Gasteiger partial charge in [0.05, 0.1) is 6.61 Å². The summed E-state index contributed by atoms with van der Waals surface area (Å²) in [6.07, 6.45) is 35.8. The normalized spacial score (nSPS) is 19.5. The molecule has 12 nitrogen and oxygen atoms in total. The van der Waals surface area contributed by atoms with Crippen molar-refractivity contribution in [3.05, 3.63) is 0 Å². The molecule has 0 saturated carbocycles. The highest BCUT2D eigenvalue weighted by molar-refractivity contribution is 7.85. The third-order valence-electron chi connectivity index (χ3n) is 12.7. The largest absolute Gasteiger partial charge is 0.462 e. The van der Waals surface area contributed by atoms with Crippen LogP contribution in [0.4, 0.5) is 0 Å². The first-order chi connectivity index (χ1) is 31.0. The molecule has 6 atom stereocenters. The van der Waals surface area contributed by atoms with E-state index in [2.05, 4.69) is 13.8 Å². The molecule has 0 amide bonds. The highest BCUT2D eigenvalue weighted by Gasteiger charge is 2.46. The number of unbranched alkanes of at least 4 members (excludes halogenated alkanes) is 34. The number of aliphatic hydroxyl groups is 3. The van der Waals surface area contributed by atoms with Crippen molar-refractivity contribution in [3.63, 3.8) is 0 Å². The van der Waals surface area contributed by atoms with E-state index in [1.54, 1.807) is 0 Å². The van der Waals surface area contributed by atoms with Gasteiger partial charge in [0, 0.05) is 12.8 Å². The summed E-state index contributed by atoms with van der Waals surface area (Å²) in [7, 11) is -4.60. The fourth-order valence-electron chi connectivity index (χ4n) is 8.56. The van der Waals surface area contributed by atoms with Gasteiger partial charge in [0.15, 0.2) is 12.4 Å². The van der Waals surface area contributed by atoms with Crippen molar-refractivity contribution < 1.29 is 56.8 Å². The number of aliphatic hydroxyl groups excluding tert-OH is 3. The van der Waals surface area contributed by atoms with Crippen molar-refractivity contribution in [1.29, 1.82) is 0 Å². The molecule has 0 aromatic rings. The summed E-state index contributed by atoms with van der Waals surface area (Å²) in [5.41, 5.74) is 0. The van der Waals surface area contributed by atoms with E-state index in [0.717, 1.165) is 38.5 Å². The lowest BCUT2D eigenvalue weighted by Gasteiger charge is -2.40. The molecule has 1 rings (SSSR count). The summed E-state index contributed by atoms with van der Waals surface area (Å²) in [5.74, 6) is -1.96. The Labute approximate surface area is 391 Å². The summed E-state index contributed by atoms with van der Waals surface area (Å²) in [4.78, 5) is 25.5. The van der Waals surface area contributed by atoms with Gasteiger partial charge in [0.25, 0.3) is 10.1 Å². The van der Waals surface area contributed by atoms with E-state index in [0.29, 0.717) is 12.8 Å². The zero-order chi connectivity index (χ0) is 46.9. The highest BCUT2D eigenvalue weighted by Crippen LogP contribution is 2.24. The smallest absolute Gasteiger partial charge is 0.306 e. The summed E-state index contributed by atoms with van der Waals surface area (Å²) in [5, 5.41) is 31.0. The standard InChI is InChI=1S/C51H98O12S/c1-3-5-7-9-11-13-15-17-18-19-20-21-22-23-24-25-26-28-30-32-34-36-38-40-47(53)62-44(42-61-51-50(56)49(55)48(54)45(63-51)43-64(57,58)59)41-60-46(52)39-37-35-33-31-29-27-16-14-12-10-8-6-4-2/h44-45,48-51,54-56H,3-43H2,1-2H3,(H,57,58,59)/t44-,45-,48-,49?,50?,51+/m1/s1. The van der Waals surface area contributed by atoms with Crippen LogP contribution in [0.5, 0.6) is 0 Å². The van der Waals surface area contributed by atoms with Gasteiger partial charge in [-0.1, -0.05) is 232 Å². The molecule has 1 aliphatic rings. The quantitative estimate of drug-likeness (QED) is 0.0257. The SMILES string of the molecule is CCCCCCCCCCCCCCCCCCCCCCCCCC(=O)O[C@H](COC(=O)CCCCCCCCCCCCCCC)CO[C@H]1O[C@H](CS(=O)(=O)O)[C@@H](O)C(O)C1O. The Balaban J connectivity index is 2.30. The molecule has 1 saturated heterocycles. The Morgan fingerprint density at radius 1 is 0.469 bits per heavy atom.